The Kier molecular flexibility index (Phi) is 4.28. The second-order valence-electron chi connectivity index (χ2n) is 4.21. The van der Waals surface area contributed by atoms with Crippen LogP contribution in [0.1, 0.15) is 10.9 Å². The average molecular weight is 265 g/mol. The van der Waals surface area contributed by atoms with Crippen LogP contribution in [0.25, 0.3) is 0 Å². The molecule has 2 aromatic heterocycles. The maximum absolute atomic E-state index is 13.4. The van der Waals surface area contributed by atoms with E-state index in [4.69, 9.17) is 0 Å². The number of nitrogens with zero attached hydrogens (tertiary/aromatic N) is 2. The lowest BCUT2D eigenvalue weighted by molar-refractivity contribution is 0.315. The zero-order valence-corrected chi connectivity index (χ0v) is 11.2. The lowest BCUT2D eigenvalue weighted by atomic mass is 10.2. The molecule has 3 nitrogen and oxygen atoms in total. The van der Waals surface area contributed by atoms with Gasteiger partial charge in [0, 0.05) is 17.6 Å². The minimum absolute atomic E-state index is 0.214. The highest BCUT2D eigenvalue weighted by atomic mass is 32.1. The first kappa shape index (κ1) is 13.0. The Labute approximate surface area is 110 Å². The smallest absolute Gasteiger partial charge is 0.165 e. The molecule has 5 heteroatoms. The minimum atomic E-state index is -0.318. The Morgan fingerprint density at radius 1 is 1.39 bits per heavy atom. The molecule has 0 amide bonds. The van der Waals surface area contributed by atoms with Crippen LogP contribution >= 0.6 is 11.3 Å². The number of anilines is 1. The van der Waals surface area contributed by atoms with E-state index in [1.807, 2.05) is 25.5 Å². The summed E-state index contributed by atoms with van der Waals surface area (Å²) in [5.41, 5.74) is 0. The van der Waals surface area contributed by atoms with E-state index >= 15 is 0 Å². The van der Waals surface area contributed by atoms with Gasteiger partial charge in [-0.2, -0.15) is 0 Å². The zero-order chi connectivity index (χ0) is 13.0. The highest BCUT2D eigenvalue weighted by molar-refractivity contribution is 7.10. The van der Waals surface area contributed by atoms with Gasteiger partial charge in [0.1, 0.15) is 0 Å². The molecule has 0 saturated heterocycles. The predicted octanol–water partition coefficient (Wildman–Crippen LogP) is 3.00. The second-order valence-corrected chi connectivity index (χ2v) is 5.19. The lowest BCUT2D eigenvalue weighted by Gasteiger charge is -2.23. The van der Waals surface area contributed by atoms with Gasteiger partial charge in [-0.15, -0.1) is 11.3 Å². The summed E-state index contributed by atoms with van der Waals surface area (Å²) < 4.78 is 13.4. The molecule has 0 radical (unpaired) electrons. The summed E-state index contributed by atoms with van der Waals surface area (Å²) in [4.78, 5) is 7.35. The fourth-order valence-electron chi connectivity index (χ4n) is 1.73. The Bertz CT molecular complexity index is 485. The van der Waals surface area contributed by atoms with Gasteiger partial charge in [0.15, 0.2) is 11.6 Å². The number of aromatic nitrogens is 1. The van der Waals surface area contributed by atoms with Crippen LogP contribution in [0.2, 0.25) is 0 Å². The molecule has 0 fully saturated rings. The van der Waals surface area contributed by atoms with Crippen LogP contribution in [-0.2, 0) is 0 Å². The Balaban J connectivity index is 2.05. The summed E-state index contributed by atoms with van der Waals surface area (Å²) >= 11 is 1.70. The van der Waals surface area contributed by atoms with Crippen LogP contribution in [-0.4, -0.2) is 30.5 Å². The van der Waals surface area contributed by atoms with Crippen LogP contribution < -0.4 is 5.32 Å². The number of thiophene rings is 1. The summed E-state index contributed by atoms with van der Waals surface area (Å²) in [5, 5.41) is 5.11. The van der Waals surface area contributed by atoms with Gasteiger partial charge in [-0.25, -0.2) is 9.37 Å². The number of hydrogen-bond acceptors (Lipinski definition) is 4. The summed E-state index contributed by atoms with van der Waals surface area (Å²) in [5.74, 6) is -0.0120. The first-order chi connectivity index (χ1) is 8.68. The molecule has 0 bridgehead atoms. The molecule has 2 heterocycles. The third-order valence-corrected chi connectivity index (χ3v) is 3.69. The van der Waals surface area contributed by atoms with Gasteiger partial charge in [-0.05, 0) is 37.7 Å². The molecular weight excluding hydrogens is 249 g/mol. The fraction of sp³-hybridized carbons (Fsp3) is 0.308. The highest BCUT2D eigenvalue weighted by Gasteiger charge is 2.15. The largest absolute Gasteiger partial charge is 0.366 e. The summed E-state index contributed by atoms with van der Waals surface area (Å²) in [7, 11) is 4.03. The quantitative estimate of drug-likeness (QED) is 0.900. The number of halogens is 1. The van der Waals surface area contributed by atoms with Crippen molar-refractivity contribution >= 4 is 17.2 Å². The van der Waals surface area contributed by atoms with E-state index in [1.54, 1.807) is 23.6 Å². The summed E-state index contributed by atoms with van der Waals surface area (Å²) in [6, 6.07) is 7.32. The van der Waals surface area contributed by atoms with E-state index < -0.39 is 0 Å². The monoisotopic (exact) mass is 265 g/mol. The Morgan fingerprint density at radius 3 is 2.83 bits per heavy atom. The van der Waals surface area contributed by atoms with Crippen molar-refractivity contribution in [2.75, 3.05) is 26.0 Å². The van der Waals surface area contributed by atoms with Gasteiger partial charge in [-0.3, -0.25) is 0 Å². The molecule has 2 aromatic rings. The van der Waals surface area contributed by atoms with E-state index in [2.05, 4.69) is 21.3 Å². The molecule has 1 atom stereocenters. The van der Waals surface area contributed by atoms with E-state index in [0.717, 1.165) is 0 Å². The van der Waals surface area contributed by atoms with Gasteiger partial charge < -0.3 is 10.2 Å². The third kappa shape index (κ3) is 3.05. The number of likely N-dealkylation sites (N-methyl/N-ethyl adjacent to an activating group) is 1. The fourth-order valence-corrected chi connectivity index (χ4v) is 2.65. The van der Waals surface area contributed by atoms with Crippen molar-refractivity contribution in [3.63, 3.8) is 0 Å². The van der Waals surface area contributed by atoms with Crippen molar-refractivity contribution < 1.29 is 4.39 Å². The SMILES string of the molecule is CN(C)[C@H](CNc1ncccc1F)c1cccs1. The van der Waals surface area contributed by atoms with Gasteiger partial charge in [0.2, 0.25) is 0 Å². The maximum atomic E-state index is 13.4. The van der Waals surface area contributed by atoms with Crippen molar-refractivity contribution in [3.05, 3.63) is 46.5 Å². The van der Waals surface area contributed by atoms with Crippen molar-refractivity contribution in [1.82, 2.24) is 9.88 Å². The van der Waals surface area contributed by atoms with E-state index in [9.17, 15) is 4.39 Å². The van der Waals surface area contributed by atoms with Crippen molar-refractivity contribution in [2.45, 2.75) is 6.04 Å². The first-order valence-electron chi connectivity index (χ1n) is 5.72. The average Bonchev–Trinajstić information content (AvgIpc) is 2.85. The molecule has 96 valence electrons. The lowest BCUT2D eigenvalue weighted by Crippen LogP contribution is -2.26. The topological polar surface area (TPSA) is 28.2 Å². The molecule has 0 aromatic carbocycles. The Morgan fingerprint density at radius 2 is 2.22 bits per heavy atom. The third-order valence-electron chi connectivity index (χ3n) is 2.72. The van der Waals surface area contributed by atoms with Crippen LogP contribution in [0.4, 0.5) is 10.2 Å². The van der Waals surface area contributed by atoms with Crippen LogP contribution in [0.3, 0.4) is 0 Å². The van der Waals surface area contributed by atoms with Gasteiger partial charge in [0.25, 0.3) is 0 Å². The molecule has 0 aliphatic rings. The molecule has 18 heavy (non-hydrogen) atoms. The van der Waals surface area contributed by atoms with Crippen LogP contribution in [0.15, 0.2) is 35.8 Å². The van der Waals surface area contributed by atoms with Gasteiger partial charge in [0.05, 0.1) is 6.04 Å². The van der Waals surface area contributed by atoms with Gasteiger partial charge >= 0.3 is 0 Å². The molecular formula is C13H16FN3S. The normalized spacial score (nSPS) is 12.7. The molecule has 0 saturated carbocycles. The molecule has 0 aliphatic carbocycles. The Hall–Kier alpha value is -1.46. The summed E-state index contributed by atoms with van der Waals surface area (Å²) in [6.07, 6.45) is 1.58. The van der Waals surface area contributed by atoms with Crippen LogP contribution in [0.5, 0.6) is 0 Å². The minimum Gasteiger partial charge on any atom is -0.366 e. The van der Waals surface area contributed by atoms with E-state index in [1.165, 1.54) is 10.9 Å². The zero-order valence-electron chi connectivity index (χ0n) is 10.4. The predicted molar refractivity (Wildman–Crippen MR) is 73.4 cm³/mol. The number of pyridine rings is 1. The molecule has 2 rings (SSSR count). The highest BCUT2D eigenvalue weighted by Crippen LogP contribution is 2.23. The molecule has 0 aliphatic heterocycles. The van der Waals surface area contributed by atoms with E-state index in [0.29, 0.717) is 12.4 Å². The second kappa shape index (κ2) is 5.93. The van der Waals surface area contributed by atoms with Crippen LogP contribution in [0, 0.1) is 5.82 Å². The number of hydrogen-bond donors (Lipinski definition) is 1. The first-order valence-corrected chi connectivity index (χ1v) is 6.60. The maximum Gasteiger partial charge on any atom is 0.165 e. The van der Waals surface area contributed by atoms with Crippen molar-refractivity contribution in [3.8, 4) is 0 Å². The van der Waals surface area contributed by atoms with Crippen molar-refractivity contribution in [1.29, 1.82) is 0 Å². The number of nitrogens with one attached hydrogen (secondary N) is 1. The number of rotatable bonds is 5. The standard InChI is InChI=1S/C13H16FN3S/c1-17(2)11(12-6-4-8-18-12)9-16-13-10(14)5-3-7-15-13/h3-8,11H,9H2,1-2H3,(H,15,16)/t11-/m1/s1. The molecule has 0 spiro atoms. The van der Waals surface area contributed by atoms with Crippen molar-refractivity contribution in [2.24, 2.45) is 0 Å². The molecule has 1 N–H and O–H groups in total. The molecule has 0 unspecified atom stereocenters. The van der Waals surface area contributed by atoms with E-state index in [-0.39, 0.29) is 11.9 Å². The summed E-state index contributed by atoms with van der Waals surface area (Å²) in [6.45, 7) is 0.626. The van der Waals surface area contributed by atoms with Gasteiger partial charge in [-0.1, -0.05) is 6.07 Å².